The first kappa shape index (κ1) is 8.82. The Morgan fingerprint density at radius 1 is 1.36 bits per heavy atom. The lowest BCUT2D eigenvalue weighted by Gasteiger charge is -2.35. The molecule has 0 aromatic rings. The number of alkyl halides is 1. The summed E-state index contributed by atoms with van der Waals surface area (Å²) in [5.41, 5.74) is 0. The van der Waals surface area contributed by atoms with Crippen molar-refractivity contribution in [3.63, 3.8) is 0 Å². The van der Waals surface area contributed by atoms with Gasteiger partial charge in [-0.25, -0.2) is 0 Å². The second-order valence-electron chi connectivity index (χ2n) is 2.42. The first-order chi connectivity index (χ1) is 4.95. The fraction of sp³-hybridized carbons (Fsp3) is 1.00. The molecule has 6 heteroatoms. The summed E-state index contributed by atoms with van der Waals surface area (Å²) in [6.45, 7) is -0.550. The summed E-state index contributed by atoms with van der Waals surface area (Å²) in [6.07, 6.45) is -5.23. The molecule has 0 aliphatic carbocycles. The number of hydrogen-bond acceptors (Lipinski definition) is 5. The summed E-state index contributed by atoms with van der Waals surface area (Å²) in [7, 11) is 0. The molecule has 0 amide bonds. The van der Waals surface area contributed by atoms with Crippen molar-refractivity contribution in [1.82, 2.24) is 0 Å². The molecule has 0 bridgehead atoms. The molecule has 0 aromatic heterocycles. The van der Waals surface area contributed by atoms with Gasteiger partial charge in [0.15, 0.2) is 6.10 Å². The van der Waals surface area contributed by atoms with Crippen molar-refractivity contribution >= 4 is 0 Å². The number of ether oxygens (including phenoxy) is 1. The highest BCUT2D eigenvalue weighted by Gasteiger charge is 2.49. The van der Waals surface area contributed by atoms with Gasteiger partial charge >= 0.3 is 6.04 Å². The molecule has 11 heavy (non-hydrogen) atoms. The first-order valence-corrected chi connectivity index (χ1v) is 3.04. The van der Waals surface area contributed by atoms with Crippen LogP contribution in [0.25, 0.3) is 0 Å². The Labute approximate surface area is 61.6 Å². The Kier molecular flexibility index (Phi) is 2.13. The molecule has 1 rings (SSSR count). The van der Waals surface area contributed by atoms with Gasteiger partial charge in [-0.15, -0.1) is 0 Å². The highest BCUT2D eigenvalue weighted by Crippen LogP contribution is 2.24. The maximum atomic E-state index is 12.5. The third kappa shape index (κ3) is 1.49. The lowest BCUT2D eigenvalue weighted by Crippen LogP contribution is -2.58. The average molecular weight is 168 g/mol. The molecule has 1 heterocycles. The monoisotopic (exact) mass is 168 g/mol. The van der Waals surface area contributed by atoms with Gasteiger partial charge in [0.2, 0.25) is 0 Å². The van der Waals surface area contributed by atoms with Gasteiger partial charge in [0, 0.05) is 0 Å². The summed E-state index contributed by atoms with van der Waals surface area (Å²) < 4.78 is 16.5. The number of aliphatic hydroxyl groups is 4. The maximum Gasteiger partial charge on any atom is 0.347 e. The van der Waals surface area contributed by atoms with Crippen LogP contribution in [0.15, 0.2) is 0 Å². The molecule has 5 nitrogen and oxygen atoms in total. The van der Waals surface area contributed by atoms with Gasteiger partial charge in [0.1, 0.15) is 12.2 Å². The molecule has 66 valence electrons. The van der Waals surface area contributed by atoms with Crippen LogP contribution in [-0.2, 0) is 4.74 Å². The van der Waals surface area contributed by atoms with Crippen LogP contribution in [0.5, 0.6) is 0 Å². The zero-order chi connectivity index (χ0) is 8.65. The predicted octanol–water partition coefficient (Wildman–Crippen LogP) is -2.29. The summed E-state index contributed by atoms with van der Waals surface area (Å²) in [4.78, 5) is 0. The highest BCUT2D eigenvalue weighted by molar-refractivity contribution is 4.85. The molecule has 0 radical (unpaired) electrons. The Morgan fingerprint density at radius 3 is 2.36 bits per heavy atom. The van der Waals surface area contributed by atoms with Crippen LogP contribution in [-0.4, -0.2) is 51.4 Å². The quantitative estimate of drug-likeness (QED) is 0.327. The fourth-order valence-electron chi connectivity index (χ4n) is 0.807. The number of hydrogen-bond donors (Lipinski definition) is 4. The van der Waals surface area contributed by atoms with Gasteiger partial charge in [0.25, 0.3) is 0 Å². The minimum Gasteiger partial charge on any atom is -0.388 e. The molecule has 4 atom stereocenters. The lowest BCUT2D eigenvalue weighted by molar-refractivity contribution is -0.380. The largest absolute Gasteiger partial charge is 0.388 e. The van der Waals surface area contributed by atoms with Crippen LogP contribution in [0, 0.1) is 0 Å². The molecular formula is C5H9FO5. The normalized spacial score (nSPS) is 52.6. The molecular weight excluding hydrogens is 159 g/mol. The van der Waals surface area contributed by atoms with Crippen LogP contribution in [0.2, 0.25) is 0 Å². The van der Waals surface area contributed by atoms with Crippen molar-refractivity contribution in [2.24, 2.45) is 0 Å². The van der Waals surface area contributed by atoms with Gasteiger partial charge < -0.3 is 25.2 Å². The highest BCUT2D eigenvalue weighted by atomic mass is 19.2. The van der Waals surface area contributed by atoms with E-state index in [1.54, 1.807) is 0 Å². The van der Waals surface area contributed by atoms with Crippen molar-refractivity contribution < 1.29 is 29.6 Å². The number of aliphatic hydroxyl groups excluding tert-OH is 3. The molecule has 4 N–H and O–H groups in total. The van der Waals surface area contributed by atoms with Crippen molar-refractivity contribution in [3.8, 4) is 0 Å². The average Bonchev–Trinajstić information content (AvgIpc) is 1.95. The van der Waals surface area contributed by atoms with Crippen LogP contribution >= 0.6 is 0 Å². The molecule has 0 unspecified atom stereocenters. The van der Waals surface area contributed by atoms with E-state index in [2.05, 4.69) is 4.74 Å². The van der Waals surface area contributed by atoms with Gasteiger partial charge in [-0.2, -0.15) is 4.39 Å². The van der Waals surface area contributed by atoms with Crippen molar-refractivity contribution in [3.05, 3.63) is 0 Å². The molecule has 1 fully saturated rings. The van der Waals surface area contributed by atoms with Crippen molar-refractivity contribution in [2.45, 2.75) is 24.4 Å². The van der Waals surface area contributed by atoms with E-state index < -0.39 is 31.0 Å². The molecule has 0 aromatic carbocycles. The van der Waals surface area contributed by atoms with E-state index in [1.807, 2.05) is 0 Å². The van der Waals surface area contributed by atoms with E-state index in [4.69, 9.17) is 20.4 Å². The third-order valence-electron chi connectivity index (χ3n) is 1.54. The standard InChI is InChI=1S/C5H9FO5/c6-5(10)4(9)3(8)2(7)1-11-5/h2-4,7-10H,1H2/t2-,3+,4-,5+/m1/s1. The van der Waals surface area contributed by atoms with E-state index in [1.165, 1.54) is 0 Å². The predicted molar refractivity (Wildman–Crippen MR) is 30.0 cm³/mol. The van der Waals surface area contributed by atoms with Crippen molar-refractivity contribution in [2.75, 3.05) is 6.61 Å². The summed E-state index contributed by atoms with van der Waals surface area (Å²) >= 11 is 0. The second kappa shape index (κ2) is 2.65. The van der Waals surface area contributed by atoms with Crippen LogP contribution < -0.4 is 0 Å². The molecule has 1 aliphatic rings. The van der Waals surface area contributed by atoms with Crippen LogP contribution in [0.3, 0.4) is 0 Å². The number of halogens is 1. The minimum absolute atomic E-state index is 0.550. The Bertz CT molecular complexity index is 150. The Hall–Kier alpha value is -0.270. The summed E-state index contributed by atoms with van der Waals surface area (Å²) in [5, 5.41) is 34.8. The van der Waals surface area contributed by atoms with E-state index in [0.717, 1.165) is 0 Å². The van der Waals surface area contributed by atoms with E-state index in [-0.39, 0.29) is 0 Å². The summed E-state index contributed by atoms with van der Waals surface area (Å²) in [6, 6.07) is -3.27. The Balaban J connectivity index is 2.67. The van der Waals surface area contributed by atoms with Gasteiger partial charge in [-0.05, 0) is 0 Å². The van der Waals surface area contributed by atoms with Gasteiger partial charge in [0.05, 0.1) is 6.61 Å². The summed E-state index contributed by atoms with van der Waals surface area (Å²) in [5.74, 6) is 0. The van der Waals surface area contributed by atoms with Crippen molar-refractivity contribution in [1.29, 1.82) is 0 Å². The van der Waals surface area contributed by atoms with Gasteiger partial charge in [-0.3, -0.25) is 0 Å². The molecule has 1 aliphatic heterocycles. The smallest absolute Gasteiger partial charge is 0.347 e. The number of rotatable bonds is 0. The van der Waals surface area contributed by atoms with E-state index in [0.29, 0.717) is 0 Å². The SMILES string of the molecule is O[C@H]1[C@H](O)CO[C@](O)(F)[C@@H]1O. The third-order valence-corrected chi connectivity index (χ3v) is 1.54. The lowest BCUT2D eigenvalue weighted by atomic mass is 10.0. The van der Waals surface area contributed by atoms with Crippen LogP contribution in [0.4, 0.5) is 4.39 Å². The topological polar surface area (TPSA) is 90.2 Å². The zero-order valence-corrected chi connectivity index (χ0v) is 5.51. The second-order valence-corrected chi connectivity index (χ2v) is 2.42. The van der Waals surface area contributed by atoms with E-state index >= 15 is 0 Å². The van der Waals surface area contributed by atoms with Gasteiger partial charge in [-0.1, -0.05) is 0 Å². The molecule has 0 saturated carbocycles. The molecule has 0 spiro atoms. The maximum absolute atomic E-state index is 12.5. The fourth-order valence-corrected chi connectivity index (χ4v) is 0.807. The minimum atomic E-state index is -3.27. The van der Waals surface area contributed by atoms with Crippen LogP contribution in [0.1, 0.15) is 0 Å². The van der Waals surface area contributed by atoms with E-state index in [9.17, 15) is 4.39 Å². The first-order valence-electron chi connectivity index (χ1n) is 3.04. The Morgan fingerprint density at radius 2 is 1.91 bits per heavy atom. The molecule has 1 saturated heterocycles. The zero-order valence-electron chi connectivity index (χ0n) is 5.51.